The van der Waals surface area contributed by atoms with Gasteiger partial charge in [0.05, 0.1) is 6.54 Å². The summed E-state index contributed by atoms with van der Waals surface area (Å²) in [5, 5.41) is 3.22. The zero-order valence-corrected chi connectivity index (χ0v) is 13.7. The minimum Gasteiger partial charge on any atom is -0.489 e. The predicted molar refractivity (Wildman–Crippen MR) is 88.2 cm³/mol. The molecule has 0 bridgehead atoms. The van der Waals surface area contributed by atoms with Crippen molar-refractivity contribution in [2.75, 3.05) is 26.2 Å². The van der Waals surface area contributed by atoms with Gasteiger partial charge in [-0.3, -0.25) is 9.80 Å². The number of benzene rings is 1. The number of thiazole rings is 1. The van der Waals surface area contributed by atoms with E-state index in [0.717, 1.165) is 39.1 Å². The summed E-state index contributed by atoms with van der Waals surface area (Å²) in [6, 6.07) is 6.97. The average molecular weight is 333 g/mol. The molecule has 0 spiro atoms. The van der Waals surface area contributed by atoms with Gasteiger partial charge in [-0.2, -0.15) is 0 Å². The molecule has 0 N–H and O–H groups in total. The van der Waals surface area contributed by atoms with E-state index in [0.29, 0.717) is 11.8 Å². The molecule has 2 atom stereocenters. The Morgan fingerprint density at radius 2 is 2.26 bits per heavy atom. The van der Waals surface area contributed by atoms with E-state index >= 15 is 0 Å². The van der Waals surface area contributed by atoms with Crippen molar-refractivity contribution in [3.63, 3.8) is 0 Å². The molecule has 0 amide bonds. The van der Waals surface area contributed by atoms with Crippen LogP contribution >= 0.6 is 11.3 Å². The molecule has 2 fully saturated rings. The second-order valence-corrected chi connectivity index (χ2v) is 7.22. The Labute approximate surface area is 139 Å². The fourth-order valence-electron chi connectivity index (χ4n) is 3.54. The number of halogens is 1. The lowest BCUT2D eigenvalue weighted by atomic mass is 10.1. The maximum absolute atomic E-state index is 13.3. The maximum Gasteiger partial charge on any atom is 0.126 e. The van der Waals surface area contributed by atoms with E-state index in [1.54, 1.807) is 17.4 Å². The van der Waals surface area contributed by atoms with E-state index in [2.05, 4.69) is 14.8 Å². The molecule has 2 saturated heterocycles. The van der Waals surface area contributed by atoms with Crippen LogP contribution in [-0.2, 0) is 6.54 Å². The van der Waals surface area contributed by atoms with Gasteiger partial charge in [-0.1, -0.05) is 6.07 Å². The second-order valence-electron chi connectivity index (χ2n) is 6.24. The molecular weight excluding hydrogens is 313 g/mol. The van der Waals surface area contributed by atoms with Gasteiger partial charge in [0.25, 0.3) is 0 Å². The van der Waals surface area contributed by atoms with Crippen LogP contribution in [0.3, 0.4) is 0 Å². The molecule has 2 aliphatic heterocycles. The van der Waals surface area contributed by atoms with E-state index in [-0.39, 0.29) is 11.9 Å². The van der Waals surface area contributed by atoms with Gasteiger partial charge in [0.2, 0.25) is 0 Å². The Hall–Kier alpha value is -1.50. The number of aromatic nitrogens is 1. The summed E-state index contributed by atoms with van der Waals surface area (Å²) in [5.74, 6) is 0.391. The molecule has 122 valence electrons. The normalized spacial score (nSPS) is 25.4. The Bertz CT molecular complexity index is 651. The van der Waals surface area contributed by atoms with Crippen LogP contribution in [0.1, 0.15) is 11.4 Å². The highest BCUT2D eigenvalue weighted by atomic mass is 32.1. The third-order valence-electron chi connectivity index (χ3n) is 4.60. The first kappa shape index (κ1) is 15.1. The molecular formula is C17H20FN3OS. The van der Waals surface area contributed by atoms with E-state index < -0.39 is 0 Å². The number of ether oxygens (including phenoxy) is 1. The minimum atomic E-state index is -0.243. The van der Waals surface area contributed by atoms with Gasteiger partial charge >= 0.3 is 0 Å². The highest BCUT2D eigenvalue weighted by Crippen LogP contribution is 2.26. The van der Waals surface area contributed by atoms with Gasteiger partial charge < -0.3 is 4.74 Å². The summed E-state index contributed by atoms with van der Waals surface area (Å²) in [4.78, 5) is 9.36. The first-order chi connectivity index (χ1) is 11.3. The lowest BCUT2D eigenvalue weighted by Gasteiger charge is -2.36. The number of hydrogen-bond acceptors (Lipinski definition) is 5. The molecule has 0 unspecified atom stereocenters. The number of hydrogen-bond donors (Lipinski definition) is 0. The number of rotatable bonds is 4. The molecule has 1 aromatic heterocycles. The van der Waals surface area contributed by atoms with Crippen LogP contribution in [0.5, 0.6) is 5.75 Å². The highest BCUT2D eigenvalue weighted by Gasteiger charge is 2.37. The van der Waals surface area contributed by atoms with Crippen LogP contribution in [0.25, 0.3) is 0 Å². The third-order valence-corrected chi connectivity index (χ3v) is 5.37. The quantitative estimate of drug-likeness (QED) is 0.860. The fraction of sp³-hybridized carbons (Fsp3) is 0.471. The first-order valence-electron chi connectivity index (χ1n) is 8.03. The molecule has 23 heavy (non-hydrogen) atoms. The molecule has 0 saturated carbocycles. The minimum absolute atomic E-state index is 0.154. The van der Waals surface area contributed by atoms with Gasteiger partial charge in [-0.05, 0) is 12.1 Å². The van der Waals surface area contributed by atoms with Crippen LogP contribution in [0.15, 0.2) is 35.8 Å². The molecule has 1 aromatic carbocycles. The summed E-state index contributed by atoms with van der Waals surface area (Å²) in [7, 11) is 0. The first-order valence-corrected chi connectivity index (χ1v) is 8.91. The Kier molecular flexibility index (Phi) is 4.29. The molecule has 4 rings (SSSR count). The summed E-state index contributed by atoms with van der Waals surface area (Å²) < 4.78 is 19.2. The van der Waals surface area contributed by atoms with E-state index in [1.807, 2.05) is 17.6 Å². The van der Waals surface area contributed by atoms with Crippen molar-refractivity contribution in [3.05, 3.63) is 46.7 Å². The molecule has 2 aromatic rings. The summed E-state index contributed by atoms with van der Waals surface area (Å²) in [5.41, 5.74) is 0. The molecule has 0 aliphatic carbocycles. The predicted octanol–water partition coefficient (Wildman–Crippen LogP) is 2.62. The van der Waals surface area contributed by atoms with Crippen LogP contribution in [0, 0.1) is 5.82 Å². The molecule has 6 heteroatoms. The lowest BCUT2D eigenvalue weighted by Crippen LogP contribution is -2.49. The third kappa shape index (κ3) is 3.54. The average Bonchev–Trinajstić information content (AvgIpc) is 3.16. The Morgan fingerprint density at radius 3 is 3.09 bits per heavy atom. The summed E-state index contributed by atoms with van der Waals surface area (Å²) >= 11 is 1.72. The van der Waals surface area contributed by atoms with E-state index in [9.17, 15) is 4.39 Å². The Balaban J connectivity index is 1.34. The van der Waals surface area contributed by atoms with Gasteiger partial charge in [-0.15, -0.1) is 11.3 Å². The largest absolute Gasteiger partial charge is 0.489 e. The Morgan fingerprint density at radius 1 is 1.30 bits per heavy atom. The van der Waals surface area contributed by atoms with Crippen molar-refractivity contribution < 1.29 is 9.13 Å². The number of fused-ring (bicyclic) bond motifs is 1. The maximum atomic E-state index is 13.3. The van der Waals surface area contributed by atoms with Gasteiger partial charge in [0.1, 0.15) is 22.7 Å². The standard InChI is InChI=1S/C17H20FN3OS/c18-13-2-1-3-15(8-13)22-16-9-14-10-20(5-6-21(14)11-16)12-17-19-4-7-23-17/h1-4,7-8,14,16H,5-6,9-12H2/t14-,16-/m1/s1. The van der Waals surface area contributed by atoms with Crippen molar-refractivity contribution >= 4 is 11.3 Å². The number of nitrogens with zero attached hydrogens (tertiary/aromatic N) is 3. The SMILES string of the molecule is Fc1cccc(O[C@@H]2C[C@@H]3CN(Cc4nccs4)CCN3C2)c1. The van der Waals surface area contributed by atoms with Crippen molar-refractivity contribution in [2.24, 2.45) is 0 Å². The topological polar surface area (TPSA) is 28.6 Å². The van der Waals surface area contributed by atoms with Gasteiger partial charge in [0, 0.05) is 56.3 Å². The molecule has 0 radical (unpaired) electrons. The van der Waals surface area contributed by atoms with Crippen molar-refractivity contribution in [1.82, 2.24) is 14.8 Å². The smallest absolute Gasteiger partial charge is 0.126 e. The van der Waals surface area contributed by atoms with Crippen molar-refractivity contribution in [2.45, 2.75) is 25.1 Å². The summed E-state index contributed by atoms with van der Waals surface area (Å²) in [6.07, 6.45) is 3.03. The van der Waals surface area contributed by atoms with Crippen LogP contribution in [-0.4, -0.2) is 53.1 Å². The second kappa shape index (κ2) is 6.55. The molecule has 3 heterocycles. The van der Waals surface area contributed by atoms with Gasteiger partial charge in [-0.25, -0.2) is 9.37 Å². The van der Waals surface area contributed by atoms with Gasteiger partial charge in [0.15, 0.2) is 0 Å². The monoisotopic (exact) mass is 333 g/mol. The zero-order chi connectivity index (χ0) is 15.6. The lowest BCUT2D eigenvalue weighted by molar-refractivity contribution is 0.0978. The summed E-state index contributed by atoms with van der Waals surface area (Å²) in [6.45, 7) is 5.08. The van der Waals surface area contributed by atoms with E-state index in [1.165, 1.54) is 17.1 Å². The highest BCUT2D eigenvalue weighted by molar-refractivity contribution is 7.09. The molecule has 4 nitrogen and oxygen atoms in total. The van der Waals surface area contributed by atoms with Crippen molar-refractivity contribution in [3.8, 4) is 5.75 Å². The molecule has 2 aliphatic rings. The van der Waals surface area contributed by atoms with Crippen LogP contribution in [0.4, 0.5) is 4.39 Å². The fourth-order valence-corrected chi connectivity index (χ4v) is 4.20. The zero-order valence-electron chi connectivity index (χ0n) is 12.9. The van der Waals surface area contributed by atoms with E-state index in [4.69, 9.17) is 4.74 Å². The van der Waals surface area contributed by atoms with Crippen molar-refractivity contribution in [1.29, 1.82) is 0 Å². The number of piperazine rings is 1. The van der Waals surface area contributed by atoms with Crippen LogP contribution < -0.4 is 4.74 Å². The van der Waals surface area contributed by atoms with Crippen LogP contribution in [0.2, 0.25) is 0 Å².